The molecule has 14 heteroatoms. The molecule has 0 radical (unpaired) electrons. The van der Waals surface area contributed by atoms with Crippen LogP contribution < -0.4 is 0 Å². The molecule has 0 aliphatic carbocycles. The van der Waals surface area contributed by atoms with Gasteiger partial charge in [-0.25, -0.2) is 9.18 Å². The van der Waals surface area contributed by atoms with Crippen LogP contribution in [0.15, 0.2) is 54.6 Å². The highest BCUT2D eigenvalue weighted by Gasteiger charge is 2.31. The van der Waals surface area contributed by atoms with Gasteiger partial charge in [0.05, 0.1) is 46.1 Å². The van der Waals surface area contributed by atoms with Crippen LogP contribution in [-0.4, -0.2) is 98.7 Å². The van der Waals surface area contributed by atoms with E-state index in [0.29, 0.717) is 39.5 Å². The van der Waals surface area contributed by atoms with Gasteiger partial charge in [-0.2, -0.15) is 0 Å². The number of halogens is 1. The quantitative estimate of drug-likeness (QED) is 0.0419. The van der Waals surface area contributed by atoms with Crippen LogP contribution in [0, 0.1) is 5.82 Å². The predicted octanol–water partition coefficient (Wildman–Crippen LogP) is 8.58. The van der Waals surface area contributed by atoms with Crippen molar-refractivity contribution in [3.8, 4) is 11.1 Å². The Kier molecular flexibility index (Phi) is 17.7. The zero-order chi connectivity index (χ0) is 38.8. The summed E-state index contributed by atoms with van der Waals surface area (Å²) in [5.74, 6) is 0.259. The molecule has 2 aromatic carbocycles. The normalized spacial score (nSPS) is 18.6. The van der Waals surface area contributed by atoms with Crippen molar-refractivity contribution >= 4 is 56.7 Å². The van der Waals surface area contributed by atoms with E-state index in [2.05, 4.69) is 24.5 Å². The SMILES string of the molecule is CC(C)n1c(/C=C/C2CC(OC(=O)OCCOCCOCCOCCOC(=O)CCCCC3CCSS3)CC(=O)O2)c(-c2ccc(F)cc2)c2ccccc21. The van der Waals surface area contributed by atoms with Crippen LogP contribution in [0.4, 0.5) is 9.18 Å². The summed E-state index contributed by atoms with van der Waals surface area (Å²) < 4.78 is 53.8. The molecule has 3 heterocycles. The number of cyclic esters (lactones) is 1. The summed E-state index contributed by atoms with van der Waals surface area (Å²) in [5.41, 5.74) is 3.73. The van der Waals surface area contributed by atoms with Crippen molar-refractivity contribution in [2.24, 2.45) is 0 Å². The largest absolute Gasteiger partial charge is 0.508 e. The van der Waals surface area contributed by atoms with Crippen LogP contribution in [0.5, 0.6) is 0 Å². The first-order chi connectivity index (χ1) is 26.8. The predicted molar refractivity (Wildman–Crippen MR) is 212 cm³/mol. The second kappa shape index (κ2) is 22.9. The number of carbonyl (C=O) groups excluding carboxylic acids is 3. The number of unbranched alkanes of at least 4 members (excludes halogenated alkanes) is 1. The number of fused-ring (bicyclic) bond motifs is 1. The van der Waals surface area contributed by atoms with E-state index >= 15 is 0 Å². The number of aromatic nitrogens is 1. The molecule has 2 aliphatic heterocycles. The molecule has 0 saturated carbocycles. The third kappa shape index (κ3) is 13.9. The van der Waals surface area contributed by atoms with E-state index in [1.807, 2.05) is 45.9 Å². The molecule has 11 nitrogen and oxygen atoms in total. The minimum Gasteiger partial charge on any atom is -0.463 e. The van der Waals surface area contributed by atoms with Crippen molar-refractivity contribution in [2.45, 2.75) is 82.3 Å². The maximum absolute atomic E-state index is 13.8. The van der Waals surface area contributed by atoms with E-state index in [4.69, 9.17) is 33.2 Å². The summed E-state index contributed by atoms with van der Waals surface area (Å²) >= 11 is 0. The third-order valence-corrected chi connectivity index (χ3v) is 12.1. The molecule has 2 saturated heterocycles. The zero-order valence-electron chi connectivity index (χ0n) is 31.6. The topological polar surface area (TPSA) is 121 Å². The van der Waals surface area contributed by atoms with Gasteiger partial charge in [-0.05, 0) is 69.0 Å². The molecule has 2 fully saturated rings. The maximum Gasteiger partial charge on any atom is 0.508 e. The van der Waals surface area contributed by atoms with Crippen LogP contribution in [0.2, 0.25) is 0 Å². The first-order valence-electron chi connectivity index (χ1n) is 19.1. The fourth-order valence-electron chi connectivity index (χ4n) is 6.51. The van der Waals surface area contributed by atoms with E-state index in [9.17, 15) is 18.8 Å². The van der Waals surface area contributed by atoms with Crippen LogP contribution in [0.25, 0.3) is 28.1 Å². The molecule has 3 atom stereocenters. The van der Waals surface area contributed by atoms with Gasteiger partial charge >= 0.3 is 18.1 Å². The Morgan fingerprint density at radius 3 is 2.31 bits per heavy atom. The van der Waals surface area contributed by atoms with Crippen molar-refractivity contribution in [2.75, 3.05) is 58.6 Å². The van der Waals surface area contributed by atoms with Crippen molar-refractivity contribution < 1.29 is 51.9 Å². The average Bonchev–Trinajstić information content (AvgIpc) is 3.81. The first-order valence-corrected chi connectivity index (χ1v) is 21.4. The Morgan fingerprint density at radius 1 is 0.927 bits per heavy atom. The molecule has 3 unspecified atom stereocenters. The lowest BCUT2D eigenvalue weighted by Crippen LogP contribution is -2.34. The zero-order valence-corrected chi connectivity index (χ0v) is 33.3. The second-order valence-electron chi connectivity index (χ2n) is 13.5. The second-order valence-corrected chi connectivity index (χ2v) is 16.3. The number of benzene rings is 2. The fraction of sp³-hybridized carbons (Fsp3) is 0.537. The smallest absolute Gasteiger partial charge is 0.463 e. The lowest BCUT2D eigenvalue weighted by molar-refractivity contribution is -0.157. The lowest BCUT2D eigenvalue weighted by atomic mass is 10.0. The molecule has 1 aromatic heterocycles. The van der Waals surface area contributed by atoms with Gasteiger partial charge < -0.3 is 37.7 Å². The van der Waals surface area contributed by atoms with E-state index in [0.717, 1.165) is 45.8 Å². The van der Waals surface area contributed by atoms with E-state index in [1.165, 1.54) is 30.7 Å². The van der Waals surface area contributed by atoms with Gasteiger partial charge in [0.25, 0.3) is 0 Å². The van der Waals surface area contributed by atoms with Crippen molar-refractivity contribution in [3.63, 3.8) is 0 Å². The van der Waals surface area contributed by atoms with Crippen molar-refractivity contribution in [3.05, 3.63) is 66.1 Å². The number of nitrogens with zero attached hydrogens (tertiary/aromatic N) is 1. The van der Waals surface area contributed by atoms with Gasteiger partial charge in [-0.1, -0.05) is 58.3 Å². The molecule has 300 valence electrons. The highest BCUT2D eigenvalue weighted by atomic mass is 33.1. The molecule has 0 amide bonds. The molecular weight excluding hydrogens is 750 g/mol. The fourth-order valence-corrected chi connectivity index (χ4v) is 9.54. The number of esters is 2. The summed E-state index contributed by atoms with van der Waals surface area (Å²) in [5, 5.41) is 1.76. The number of carbonyl (C=O) groups is 3. The average molecular weight is 802 g/mol. The highest BCUT2D eigenvalue weighted by molar-refractivity contribution is 8.77. The lowest BCUT2D eigenvalue weighted by Gasteiger charge is -2.26. The Morgan fingerprint density at radius 2 is 1.62 bits per heavy atom. The maximum atomic E-state index is 13.8. The third-order valence-electron chi connectivity index (χ3n) is 9.07. The monoisotopic (exact) mass is 801 g/mol. The summed E-state index contributed by atoms with van der Waals surface area (Å²) in [6.45, 7) is 6.23. The minimum atomic E-state index is -0.888. The number of rotatable bonds is 22. The number of ether oxygens (including phenoxy) is 7. The Balaban J connectivity index is 0.941. The Bertz CT molecular complexity index is 1690. The standard InChI is InChI=1S/C41H52FNO10S2/c1-29(2)43-36-9-5-4-8-35(36)40(30-11-13-31(42)14-12-30)37(43)16-15-32-27-33(28-39(45)52-32)53-41(46)51-25-23-49-21-19-47-18-20-48-22-24-50-38(44)10-6-3-7-34-17-26-54-55-34/h4-5,8-9,11-16,29,32-34H,3,6-7,10,17-28H2,1-2H3/b16-15+. The van der Waals surface area contributed by atoms with E-state index in [1.54, 1.807) is 18.2 Å². The molecule has 0 spiro atoms. The number of para-hydroxylation sites is 1. The Hall–Kier alpha value is -3.56. The Labute approximate surface area is 330 Å². The van der Waals surface area contributed by atoms with Gasteiger partial charge in [-0.15, -0.1) is 0 Å². The summed E-state index contributed by atoms with van der Waals surface area (Å²) in [6, 6.07) is 14.6. The molecule has 5 rings (SSSR count). The van der Waals surface area contributed by atoms with Crippen LogP contribution in [0.3, 0.4) is 0 Å². The van der Waals surface area contributed by atoms with Crippen molar-refractivity contribution in [1.82, 2.24) is 4.57 Å². The molecule has 2 aliphatic rings. The van der Waals surface area contributed by atoms with Gasteiger partial charge in [-0.3, -0.25) is 9.59 Å². The number of hydrogen-bond acceptors (Lipinski definition) is 12. The molecule has 0 N–H and O–H groups in total. The van der Waals surface area contributed by atoms with Gasteiger partial charge in [0, 0.05) is 52.0 Å². The van der Waals surface area contributed by atoms with Crippen molar-refractivity contribution in [1.29, 1.82) is 0 Å². The highest BCUT2D eigenvalue weighted by Crippen LogP contribution is 2.40. The van der Waals surface area contributed by atoms with Crippen LogP contribution in [-0.2, 0) is 42.7 Å². The molecule has 55 heavy (non-hydrogen) atoms. The number of hydrogen-bond donors (Lipinski definition) is 0. The molecule has 3 aromatic rings. The molecular formula is C41H52FNO10S2. The van der Waals surface area contributed by atoms with E-state index in [-0.39, 0.29) is 50.5 Å². The van der Waals surface area contributed by atoms with Gasteiger partial charge in [0.2, 0.25) is 0 Å². The summed E-state index contributed by atoms with van der Waals surface area (Å²) in [6.07, 6.45) is 6.49. The van der Waals surface area contributed by atoms with Crippen LogP contribution in [0.1, 0.15) is 70.5 Å². The summed E-state index contributed by atoms with van der Waals surface area (Å²) in [4.78, 5) is 36.7. The minimum absolute atomic E-state index is 0.0220. The summed E-state index contributed by atoms with van der Waals surface area (Å²) in [7, 11) is 3.91. The molecule has 0 bridgehead atoms. The van der Waals surface area contributed by atoms with Gasteiger partial charge in [0.15, 0.2) is 0 Å². The van der Waals surface area contributed by atoms with Gasteiger partial charge in [0.1, 0.15) is 31.2 Å². The first kappa shape index (κ1) is 42.6. The van der Waals surface area contributed by atoms with E-state index < -0.39 is 24.3 Å². The van der Waals surface area contributed by atoms with Crippen LogP contribution >= 0.6 is 21.6 Å².